The van der Waals surface area contributed by atoms with Crippen molar-refractivity contribution in [2.24, 2.45) is 5.92 Å². The SMILES string of the molecule is CC1CCC(CO)(NCC2CCC(=O)N2)CC1. The molecule has 3 N–H and O–H groups in total. The number of hydrogen-bond acceptors (Lipinski definition) is 3. The third kappa shape index (κ3) is 3.19. The second kappa shape index (κ2) is 5.36. The molecule has 1 saturated carbocycles. The van der Waals surface area contributed by atoms with Crippen molar-refractivity contribution >= 4 is 5.91 Å². The van der Waals surface area contributed by atoms with Crippen molar-refractivity contribution < 1.29 is 9.90 Å². The molecule has 2 fully saturated rings. The van der Waals surface area contributed by atoms with E-state index in [1.807, 2.05) is 0 Å². The van der Waals surface area contributed by atoms with E-state index in [9.17, 15) is 9.90 Å². The van der Waals surface area contributed by atoms with Gasteiger partial charge in [0.25, 0.3) is 0 Å². The molecule has 98 valence electrons. The molecule has 0 aromatic heterocycles. The van der Waals surface area contributed by atoms with Gasteiger partial charge in [-0.1, -0.05) is 6.92 Å². The van der Waals surface area contributed by atoms with Crippen LogP contribution in [-0.4, -0.2) is 35.7 Å². The maximum absolute atomic E-state index is 11.1. The largest absolute Gasteiger partial charge is 0.394 e. The number of amides is 1. The second-order valence-corrected chi connectivity index (χ2v) is 5.80. The van der Waals surface area contributed by atoms with E-state index in [2.05, 4.69) is 17.6 Å². The molecule has 1 amide bonds. The summed E-state index contributed by atoms with van der Waals surface area (Å²) >= 11 is 0. The van der Waals surface area contributed by atoms with Gasteiger partial charge >= 0.3 is 0 Å². The number of aliphatic hydroxyl groups excluding tert-OH is 1. The van der Waals surface area contributed by atoms with Crippen molar-refractivity contribution in [1.82, 2.24) is 10.6 Å². The van der Waals surface area contributed by atoms with Crippen molar-refractivity contribution in [3.8, 4) is 0 Å². The lowest BCUT2D eigenvalue weighted by molar-refractivity contribution is -0.119. The van der Waals surface area contributed by atoms with E-state index in [0.29, 0.717) is 6.42 Å². The molecule has 2 rings (SSSR count). The zero-order valence-corrected chi connectivity index (χ0v) is 10.7. The van der Waals surface area contributed by atoms with Crippen molar-refractivity contribution in [3.63, 3.8) is 0 Å². The zero-order valence-electron chi connectivity index (χ0n) is 10.7. The van der Waals surface area contributed by atoms with Crippen molar-refractivity contribution in [2.45, 2.75) is 57.0 Å². The molecule has 17 heavy (non-hydrogen) atoms. The van der Waals surface area contributed by atoms with E-state index in [1.165, 1.54) is 12.8 Å². The van der Waals surface area contributed by atoms with Crippen LogP contribution in [0.2, 0.25) is 0 Å². The fraction of sp³-hybridized carbons (Fsp3) is 0.923. The standard InChI is InChI=1S/C13H24N2O2/c1-10-4-6-13(9-16,7-5-10)14-8-11-2-3-12(17)15-11/h10-11,14,16H,2-9H2,1H3,(H,15,17). The van der Waals surface area contributed by atoms with Gasteiger partial charge in [-0.3, -0.25) is 4.79 Å². The Balaban J connectivity index is 1.81. The average molecular weight is 240 g/mol. The van der Waals surface area contributed by atoms with Crippen molar-refractivity contribution in [2.75, 3.05) is 13.2 Å². The van der Waals surface area contributed by atoms with Crippen LogP contribution < -0.4 is 10.6 Å². The second-order valence-electron chi connectivity index (χ2n) is 5.80. The predicted octanol–water partition coefficient (Wildman–Crippen LogP) is 0.796. The minimum Gasteiger partial charge on any atom is -0.394 e. The highest BCUT2D eigenvalue weighted by atomic mass is 16.3. The van der Waals surface area contributed by atoms with Crippen LogP contribution in [0.5, 0.6) is 0 Å². The Hall–Kier alpha value is -0.610. The summed E-state index contributed by atoms with van der Waals surface area (Å²) in [5.74, 6) is 0.940. The fourth-order valence-corrected chi connectivity index (χ4v) is 2.88. The van der Waals surface area contributed by atoms with E-state index in [0.717, 1.165) is 31.7 Å². The molecule has 4 nitrogen and oxygen atoms in total. The molecule has 1 aliphatic carbocycles. The van der Waals surface area contributed by atoms with Crippen LogP contribution in [-0.2, 0) is 4.79 Å². The topological polar surface area (TPSA) is 61.4 Å². The summed E-state index contributed by atoms with van der Waals surface area (Å²) in [6.45, 7) is 3.28. The maximum Gasteiger partial charge on any atom is 0.220 e. The van der Waals surface area contributed by atoms with Crippen LogP contribution in [0, 0.1) is 5.92 Å². The lowest BCUT2D eigenvalue weighted by Gasteiger charge is -2.39. The van der Waals surface area contributed by atoms with Gasteiger partial charge in [-0.2, -0.15) is 0 Å². The van der Waals surface area contributed by atoms with Gasteiger partial charge in [-0.25, -0.2) is 0 Å². The quantitative estimate of drug-likeness (QED) is 0.681. The monoisotopic (exact) mass is 240 g/mol. The highest BCUT2D eigenvalue weighted by molar-refractivity contribution is 5.78. The highest BCUT2D eigenvalue weighted by Crippen LogP contribution is 2.31. The van der Waals surface area contributed by atoms with Gasteiger partial charge in [0.1, 0.15) is 0 Å². The van der Waals surface area contributed by atoms with Gasteiger partial charge in [0, 0.05) is 24.5 Å². The Labute approximate surface area is 103 Å². The predicted molar refractivity (Wildman–Crippen MR) is 66.6 cm³/mol. The highest BCUT2D eigenvalue weighted by Gasteiger charge is 2.34. The Bertz CT molecular complexity index is 273. The van der Waals surface area contributed by atoms with Gasteiger partial charge in [-0.15, -0.1) is 0 Å². The van der Waals surface area contributed by atoms with Crippen molar-refractivity contribution in [1.29, 1.82) is 0 Å². The third-order valence-corrected chi connectivity index (χ3v) is 4.34. The molecule has 0 spiro atoms. The van der Waals surface area contributed by atoms with Gasteiger partial charge in [-0.05, 0) is 38.0 Å². The number of carbonyl (C=O) groups is 1. The molecule has 0 bridgehead atoms. The summed E-state index contributed by atoms with van der Waals surface area (Å²) in [6, 6.07) is 0.255. The molecule has 0 aromatic rings. The fourth-order valence-electron chi connectivity index (χ4n) is 2.88. The van der Waals surface area contributed by atoms with E-state index in [-0.39, 0.29) is 24.1 Å². The Morgan fingerprint density at radius 3 is 2.65 bits per heavy atom. The summed E-state index contributed by atoms with van der Waals surface area (Å²) < 4.78 is 0. The molecular formula is C13H24N2O2. The third-order valence-electron chi connectivity index (χ3n) is 4.34. The molecule has 2 aliphatic rings. The van der Waals surface area contributed by atoms with Crippen LogP contribution in [0.25, 0.3) is 0 Å². The van der Waals surface area contributed by atoms with Crippen LogP contribution in [0.3, 0.4) is 0 Å². The maximum atomic E-state index is 11.1. The molecule has 1 atom stereocenters. The summed E-state index contributed by atoms with van der Waals surface area (Å²) in [5, 5.41) is 16.1. The molecule has 0 radical (unpaired) electrons. The minimum absolute atomic E-state index is 0.0974. The first-order valence-electron chi connectivity index (χ1n) is 6.79. The smallest absolute Gasteiger partial charge is 0.220 e. The number of nitrogens with one attached hydrogen (secondary N) is 2. The number of aliphatic hydroxyl groups is 1. The van der Waals surface area contributed by atoms with Crippen LogP contribution in [0.1, 0.15) is 45.4 Å². The number of rotatable bonds is 4. The number of carbonyl (C=O) groups excluding carboxylic acids is 1. The van der Waals surface area contributed by atoms with Gasteiger partial charge in [0.15, 0.2) is 0 Å². The zero-order chi connectivity index (χ0) is 12.3. The molecule has 1 heterocycles. The first-order valence-corrected chi connectivity index (χ1v) is 6.79. The van der Waals surface area contributed by atoms with E-state index < -0.39 is 0 Å². The Kier molecular flexibility index (Phi) is 4.05. The van der Waals surface area contributed by atoms with Gasteiger partial charge in [0.05, 0.1) is 6.61 Å². The van der Waals surface area contributed by atoms with Crippen LogP contribution in [0.15, 0.2) is 0 Å². The van der Waals surface area contributed by atoms with E-state index in [4.69, 9.17) is 0 Å². The summed E-state index contributed by atoms with van der Waals surface area (Å²) in [6.07, 6.45) is 6.03. The first kappa shape index (κ1) is 12.8. The Morgan fingerprint density at radius 2 is 2.12 bits per heavy atom. The molecular weight excluding hydrogens is 216 g/mol. The molecule has 1 unspecified atom stereocenters. The summed E-state index contributed by atoms with van der Waals surface area (Å²) in [7, 11) is 0. The molecule has 0 aromatic carbocycles. The molecule has 1 saturated heterocycles. The molecule has 4 heteroatoms. The normalized spacial score (nSPS) is 38.1. The summed E-state index contributed by atoms with van der Waals surface area (Å²) in [5.41, 5.74) is -0.0974. The van der Waals surface area contributed by atoms with E-state index in [1.54, 1.807) is 0 Å². The van der Waals surface area contributed by atoms with Crippen LogP contribution in [0.4, 0.5) is 0 Å². The molecule has 1 aliphatic heterocycles. The lowest BCUT2D eigenvalue weighted by atomic mass is 9.77. The van der Waals surface area contributed by atoms with Crippen LogP contribution >= 0.6 is 0 Å². The van der Waals surface area contributed by atoms with E-state index >= 15 is 0 Å². The average Bonchev–Trinajstić information content (AvgIpc) is 2.75. The first-order chi connectivity index (χ1) is 8.13. The minimum atomic E-state index is -0.0974. The lowest BCUT2D eigenvalue weighted by Crippen LogP contribution is -2.54. The van der Waals surface area contributed by atoms with Gasteiger partial charge in [0.2, 0.25) is 5.91 Å². The summed E-state index contributed by atoms with van der Waals surface area (Å²) in [4.78, 5) is 11.1. The Morgan fingerprint density at radius 1 is 1.41 bits per heavy atom. The van der Waals surface area contributed by atoms with Crippen molar-refractivity contribution in [3.05, 3.63) is 0 Å². The van der Waals surface area contributed by atoms with Gasteiger partial charge < -0.3 is 15.7 Å². The number of hydrogen-bond donors (Lipinski definition) is 3.